The van der Waals surface area contributed by atoms with Crippen LogP contribution in [0.4, 0.5) is 0 Å². The molecule has 1 aromatic heterocycles. The van der Waals surface area contributed by atoms with Gasteiger partial charge in [0.15, 0.2) is 0 Å². The van der Waals surface area contributed by atoms with Gasteiger partial charge in [0.05, 0.1) is 0 Å². The average Bonchev–Trinajstić information content (AvgIpc) is 2.97. The topological polar surface area (TPSA) is 55.1 Å². The van der Waals surface area contributed by atoms with Crippen molar-refractivity contribution in [2.45, 2.75) is 18.9 Å². The molecule has 19 heavy (non-hydrogen) atoms. The first-order chi connectivity index (χ1) is 9.29. The molecular formula is C15H18N2OS. The lowest BCUT2D eigenvalue weighted by Crippen LogP contribution is -2.26. The van der Waals surface area contributed by atoms with Crippen molar-refractivity contribution in [1.29, 1.82) is 0 Å². The van der Waals surface area contributed by atoms with Gasteiger partial charge in [-0.1, -0.05) is 36.4 Å². The fourth-order valence-corrected chi connectivity index (χ4v) is 2.76. The summed E-state index contributed by atoms with van der Waals surface area (Å²) in [5.41, 5.74) is 6.85. The summed E-state index contributed by atoms with van der Waals surface area (Å²) >= 11 is 1.65. The van der Waals surface area contributed by atoms with Gasteiger partial charge in [0.2, 0.25) is 5.91 Å². The highest BCUT2D eigenvalue weighted by atomic mass is 32.1. The number of rotatable bonds is 6. The maximum atomic E-state index is 11.9. The highest BCUT2D eigenvalue weighted by Crippen LogP contribution is 2.23. The lowest BCUT2D eigenvalue weighted by atomic mass is 10.0. The summed E-state index contributed by atoms with van der Waals surface area (Å²) < 4.78 is 0. The Bertz CT molecular complexity index is 496. The predicted octanol–water partition coefficient (Wildman–Crippen LogP) is 2.50. The van der Waals surface area contributed by atoms with Crippen LogP contribution in [0.5, 0.6) is 0 Å². The van der Waals surface area contributed by atoms with Gasteiger partial charge < -0.3 is 11.1 Å². The number of thiophene rings is 1. The third-order valence-corrected chi connectivity index (χ3v) is 4.03. The van der Waals surface area contributed by atoms with Crippen LogP contribution in [0.15, 0.2) is 47.8 Å². The van der Waals surface area contributed by atoms with E-state index in [0.29, 0.717) is 19.5 Å². The van der Waals surface area contributed by atoms with Gasteiger partial charge in [-0.3, -0.25) is 4.79 Å². The van der Waals surface area contributed by atoms with Crippen LogP contribution in [0.3, 0.4) is 0 Å². The highest BCUT2D eigenvalue weighted by molar-refractivity contribution is 7.10. The molecule has 0 aliphatic carbocycles. The first-order valence-corrected chi connectivity index (χ1v) is 7.21. The Morgan fingerprint density at radius 1 is 1.21 bits per heavy atom. The summed E-state index contributed by atoms with van der Waals surface area (Å²) in [7, 11) is 0. The Kier molecular flexibility index (Phi) is 5.12. The lowest BCUT2D eigenvalue weighted by molar-refractivity contribution is -0.121. The first-order valence-electron chi connectivity index (χ1n) is 6.33. The van der Waals surface area contributed by atoms with Crippen LogP contribution in [-0.2, 0) is 11.3 Å². The third kappa shape index (κ3) is 4.19. The zero-order valence-corrected chi connectivity index (χ0v) is 11.5. The van der Waals surface area contributed by atoms with Crippen LogP contribution in [0, 0.1) is 0 Å². The van der Waals surface area contributed by atoms with E-state index in [9.17, 15) is 4.79 Å². The Balaban J connectivity index is 1.84. The van der Waals surface area contributed by atoms with Crippen LogP contribution < -0.4 is 11.1 Å². The van der Waals surface area contributed by atoms with Gasteiger partial charge in [-0.05, 0) is 17.0 Å². The summed E-state index contributed by atoms with van der Waals surface area (Å²) in [5.74, 6) is 0.170. The second-order valence-electron chi connectivity index (χ2n) is 4.41. The van der Waals surface area contributed by atoms with Crippen LogP contribution in [0.25, 0.3) is 0 Å². The van der Waals surface area contributed by atoms with Crippen LogP contribution in [0.2, 0.25) is 0 Å². The van der Waals surface area contributed by atoms with Crippen molar-refractivity contribution in [3.63, 3.8) is 0 Å². The van der Waals surface area contributed by atoms with Crippen molar-refractivity contribution in [3.8, 4) is 0 Å². The Morgan fingerprint density at radius 2 is 2.00 bits per heavy atom. The standard InChI is InChI=1S/C15H18N2OS/c16-10-13(14-7-4-8-19-14)9-15(18)17-11-12-5-2-1-3-6-12/h1-8,13H,9-11,16H2,(H,17,18). The van der Waals surface area contributed by atoms with Crippen LogP contribution >= 0.6 is 11.3 Å². The number of carbonyl (C=O) groups excluding carboxylic acids is 1. The van der Waals surface area contributed by atoms with Crippen LogP contribution in [0.1, 0.15) is 22.8 Å². The SMILES string of the molecule is NCC(CC(=O)NCc1ccccc1)c1cccs1. The molecule has 0 fully saturated rings. The van der Waals surface area contributed by atoms with Crippen LogP contribution in [-0.4, -0.2) is 12.5 Å². The second kappa shape index (κ2) is 7.07. The van der Waals surface area contributed by atoms with Crippen molar-refractivity contribution < 1.29 is 4.79 Å². The van der Waals surface area contributed by atoms with E-state index >= 15 is 0 Å². The van der Waals surface area contributed by atoms with Gasteiger partial charge in [0.25, 0.3) is 0 Å². The van der Waals surface area contributed by atoms with Crippen molar-refractivity contribution in [2.24, 2.45) is 5.73 Å². The van der Waals surface area contributed by atoms with Crippen molar-refractivity contribution in [1.82, 2.24) is 5.32 Å². The fraction of sp³-hybridized carbons (Fsp3) is 0.267. The van der Waals surface area contributed by atoms with Gasteiger partial charge >= 0.3 is 0 Å². The number of hydrogen-bond donors (Lipinski definition) is 2. The summed E-state index contributed by atoms with van der Waals surface area (Å²) in [4.78, 5) is 13.1. The molecule has 0 aliphatic heterocycles. The second-order valence-corrected chi connectivity index (χ2v) is 5.39. The maximum Gasteiger partial charge on any atom is 0.220 e. The molecule has 1 atom stereocenters. The molecular weight excluding hydrogens is 256 g/mol. The molecule has 0 saturated carbocycles. The van der Waals surface area contributed by atoms with Gasteiger partial charge in [0.1, 0.15) is 0 Å². The molecule has 0 aliphatic rings. The maximum absolute atomic E-state index is 11.9. The molecule has 0 spiro atoms. The molecule has 3 nitrogen and oxygen atoms in total. The largest absolute Gasteiger partial charge is 0.352 e. The molecule has 2 aromatic rings. The summed E-state index contributed by atoms with van der Waals surface area (Å²) in [6.07, 6.45) is 0.448. The third-order valence-electron chi connectivity index (χ3n) is 2.99. The molecule has 1 aromatic carbocycles. The number of nitrogens with two attached hydrogens (primary N) is 1. The van der Waals surface area contributed by atoms with Crippen molar-refractivity contribution >= 4 is 17.2 Å². The van der Waals surface area contributed by atoms with Gasteiger partial charge in [0, 0.05) is 30.3 Å². The van der Waals surface area contributed by atoms with E-state index < -0.39 is 0 Å². The quantitative estimate of drug-likeness (QED) is 0.850. The Hall–Kier alpha value is -1.65. The lowest BCUT2D eigenvalue weighted by Gasteiger charge is -2.13. The summed E-state index contributed by atoms with van der Waals surface area (Å²) in [6, 6.07) is 13.9. The zero-order chi connectivity index (χ0) is 13.5. The molecule has 3 N–H and O–H groups in total. The molecule has 1 amide bonds. The zero-order valence-electron chi connectivity index (χ0n) is 10.7. The Labute approximate surface area is 117 Å². The monoisotopic (exact) mass is 274 g/mol. The minimum atomic E-state index is 0.0488. The fourth-order valence-electron chi connectivity index (χ4n) is 1.92. The normalized spacial score (nSPS) is 12.1. The highest BCUT2D eigenvalue weighted by Gasteiger charge is 2.15. The molecule has 1 heterocycles. The number of hydrogen-bond acceptors (Lipinski definition) is 3. The molecule has 100 valence electrons. The first kappa shape index (κ1) is 13.8. The minimum absolute atomic E-state index is 0.0488. The number of carbonyl (C=O) groups is 1. The molecule has 0 saturated heterocycles. The van der Waals surface area contributed by atoms with Crippen molar-refractivity contribution in [3.05, 3.63) is 58.3 Å². The minimum Gasteiger partial charge on any atom is -0.352 e. The predicted molar refractivity (Wildman–Crippen MR) is 79.0 cm³/mol. The molecule has 2 rings (SSSR count). The Morgan fingerprint density at radius 3 is 2.63 bits per heavy atom. The number of benzene rings is 1. The van der Waals surface area contributed by atoms with Gasteiger partial charge in [-0.25, -0.2) is 0 Å². The summed E-state index contributed by atoms with van der Waals surface area (Å²) in [6.45, 7) is 1.07. The molecule has 0 bridgehead atoms. The van der Waals surface area contributed by atoms with Gasteiger partial charge in [-0.15, -0.1) is 11.3 Å². The molecule has 4 heteroatoms. The van der Waals surface area contributed by atoms with E-state index in [1.54, 1.807) is 11.3 Å². The molecule has 0 radical (unpaired) electrons. The van der Waals surface area contributed by atoms with E-state index in [4.69, 9.17) is 5.73 Å². The van der Waals surface area contributed by atoms with E-state index in [1.807, 2.05) is 47.8 Å². The van der Waals surface area contributed by atoms with E-state index in [-0.39, 0.29) is 11.8 Å². The smallest absolute Gasteiger partial charge is 0.220 e. The van der Waals surface area contributed by atoms with Gasteiger partial charge in [-0.2, -0.15) is 0 Å². The number of nitrogens with one attached hydrogen (secondary N) is 1. The summed E-state index contributed by atoms with van der Waals surface area (Å²) in [5, 5.41) is 4.95. The van der Waals surface area contributed by atoms with E-state index in [1.165, 1.54) is 4.88 Å². The average molecular weight is 274 g/mol. The van der Waals surface area contributed by atoms with E-state index in [0.717, 1.165) is 5.56 Å². The van der Waals surface area contributed by atoms with E-state index in [2.05, 4.69) is 5.32 Å². The number of amides is 1. The molecule has 1 unspecified atom stereocenters. The van der Waals surface area contributed by atoms with Crippen molar-refractivity contribution in [2.75, 3.05) is 6.54 Å².